The summed E-state index contributed by atoms with van der Waals surface area (Å²) in [4.78, 5) is 2.44. The minimum absolute atomic E-state index is 1.17. The molecule has 1 aliphatic carbocycles. The van der Waals surface area contributed by atoms with E-state index in [-0.39, 0.29) is 0 Å². The maximum atomic E-state index is 2.44. The largest absolute Gasteiger partial charge is 0.309 e. The average molecular weight is 448 g/mol. The van der Waals surface area contributed by atoms with Gasteiger partial charge in [0.05, 0.1) is 11.4 Å². The fraction of sp³-hybridized carbons (Fsp3) is 0.0588. The minimum atomic E-state index is 1.17. The van der Waals surface area contributed by atoms with E-state index < -0.39 is 0 Å². The molecule has 1 heteroatoms. The Balaban J connectivity index is 1.56. The van der Waals surface area contributed by atoms with Crippen molar-refractivity contribution in [1.29, 1.82) is 0 Å². The van der Waals surface area contributed by atoms with Crippen LogP contribution >= 0.6 is 0 Å². The third-order valence-electron chi connectivity index (χ3n) is 7.42. The number of hydrogen-bond acceptors (Lipinski definition) is 1. The molecular formula is C34H25N. The van der Waals surface area contributed by atoms with Gasteiger partial charge in [0.25, 0.3) is 0 Å². The fourth-order valence-corrected chi connectivity index (χ4v) is 5.74. The number of aryl methyl sites for hydroxylation is 2. The van der Waals surface area contributed by atoms with E-state index in [2.05, 4.69) is 134 Å². The molecule has 0 radical (unpaired) electrons. The van der Waals surface area contributed by atoms with Crippen LogP contribution in [0.4, 0.5) is 17.1 Å². The first kappa shape index (κ1) is 20.1. The highest BCUT2D eigenvalue weighted by Crippen LogP contribution is 2.51. The molecule has 0 N–H and O–H groups in total. The Morgan fingerprint density at radius 2 is 1.03 bits per heavy atom. The van der Waals surface area contributed by atoms with Gasteiger partial charge in [-0.1, -0.05) is 96.6 Å². The van der Waals surface area contributed by atoms with Crippen LogP contribution in [0, 0.1) is 13.8 Å². The Bertz CT molecular complexity index is 1730. The van der Waals surface area contributed by atoms with Crippen molar-refractivity contribution in [2.24, 2.45) is 0 Å². The van der Waals surface area contributed by atoms with Gasteiger partial charge in [-0.05, 0) is 76.7 Å². The summed E-state index contributed by atoms with van der Waals surface area (Å²) >= 11 is 0. The normalized spacial score (nSPS) is 11.7. The van der Waals surface area contributed by atoms with E-state index >= 15 is 0 Å². The van der Waals surface area contributed by atoms with Crippen LogP contribution in [-0.2, 0) is 0 Å². The van der Waals surface area contributed by atoms with Gasteiger partial charge >= 0.3 is 0 Å². The van der Waals surface area contributed by atoms with E-state index in [0.29, 0.717) is 0 Å². The monoisotopic (exact) mass is 447 g/mol. The van der Waals surface area contributed by atoms with Crippen LogP contribution in [0.2, 0.25) is 0 Å². The molecular weight excluding hydrogens is 422 g/mol. The van der Waals surface area contributed by atoms with Crippen molar-refractivity contribution in [3.63, 3.8) is 0 Å². The number of rotatable bonds is 3. The maximum absolute atomic E-state index is 2.44. The van der Waals surface area contributed by atoms with Crippen molar-refractivity contribution >= 4 is 38.6 Å². The molecule has 0 amide bonds. The zero-order chi connectivity index (χ0) is 23.5. The predicted molar refractivity (Wildman–Crippen MR) is 150 cm³/mol. The first-order chi connectivity index (χ1) is 17.2. The van der Waals surface area contributed by atoms with Gasteiger partial charge in [-0.3, -0.25) is 0 Å². The van der Waals surface area contributed by atoms with Gasteiger partial charge in [-0.25, -0.2) is 0 Å². The molecule has 7 rings (SSSR count). The lowest BCUT2D eigenvalue weighted by Crippen LogP contribution is -2.11. The molecule has 0 saturated heterocycles. The summed E-state index contributed by atoms with van der Waals surface area (Å²) < 4.78 is 0. The lowest BCUT2D eigenvalue weighted by molar-refractivity contribution is 1.30. The summed E-state index contributed by atoms with van der Waals surface area (Å²) in [5, 5.41) is 5.18. The molecule has 166 valence electrons. The molecule has 6 aromatic rings. The summed E-state index contributed by atoms with van der Waals surface area (Å²) in [7, 11) is 0. The highest BCUT2D eigenvalue weighted by atomic mass is 15.1. The quantitative estimate of drug-likeness (QED) is 0.260. The van der Waals surface area contributed by atoms with Gasteiger partial charge in [-0.15, -0.1) is 0 Å². The number of anilines is 3. The molecule has 0 spiro atoms. The van der Waals surface area contributed by atoms with E-state index in [1.807, 2.05) is 0 Å². The van der Waals surface area contributed by atoms with Gasteiger partial charge in [-0.2, -0.15) is 0 Å². The van der Waals surface area contributed by atoms with Crippen molar-refractivity contribution in [1.82, 2.24) is 0 Å². The lowest BCUT2D eigenvalue weighted by atomic mass is 9.98. The molecule has 0 unspecified atom stereocenters. The zero-order valence-corrected chi connectivity index (χ0v) is 19.9. The standard InChI is InChI=1S/C34H25N/c1-22-16-18-24(19-17-22)35(32-15-7-11-25-23(2)8-5-12-28(25)32)33-21-20-30-27-10-4-3-9-26(27)29-13-6-14-31(33)34(29)30/h3-21H,1-2H3. The Labute approximate surface area is 205 Å². The fourth-order valence-electron chi connectivity index (χ4n) is 5.74. The summed E-state index contributed by atoms with van der Waals surface area (Å²) in [6.07, 6.45) is 0. The third-order valence-corrected chi connectivity index (χ3v) is 7.42. The van der Waals surface area contributed by atoms with E-state index in [1.54, 1.807) is 0 Å². The topological polar surface area (TPSA) is 3.24 Å². The highest BCUT2D eigenvalue weighted by molar-refractivity contribution is 6.19. The van der Waals surface area contributed by atoms with Gasteiger partial charge in [0, 0.05) is 16.5 Å². The molecule has 1 nitrogen and oxygen atoms in total. The van der Waals surface area contributed by atoms with Crippen LogP contribution in [0.5, 0.6) is 0 Å². The highest BCUT2D eigenvalue weighted by Gasteiger charge is 2.25. The van der Waals surface area contributed by atoms with Crippen molar-refractivity contribution in [3.05, 3.63) is 126 Å². The molecule has 0 aliphatic heterocycles. The Morgan fingerprint density at radius 3 is 1.83 bits per heavy atom. The van der Waals surface area contributed by atoms with Crippen LogP contribution in [0.1, 0.15) is 11.1 Å². The van der Waals surface area contributed by atoms with Gasteiger partial charge < -0.3 is 4.90 Å². The molecule has 0 saturated carbocycles. The molecule has 1 aliphatic rings. The average Bonchev–Trinajstić information content (AvgIpc) is 3.22. The lowest BCUT2D eigenvalue weighted by Gasteiger charge is -2.28. The van der Waals surface area contributed by atoms with E-state index in [0.717, 1.165) is 0 Å². The van der Waals surface area contributed by atoms with E-state index in [9.17, 15) is 0 Å². The Morgan fingerprint density at radius 1 is 0.429 bits per heavy atom. The Kier molecular flexibility index (Phi) is 4.34. The van der Waals surface area contributed by atoms with Crippen LogP contribution < -0.4 is 4.90 Å². The summed E-state index contributed by atoms with van der Waals surface area (Å²) in [5.41, 5.74) is 11.4. The molecule has 35 heavy (non-hydrogen) atoms. The van der Waals surface area contributed by atoms with Crippen LogP contribution in [0.3, 0.4) is 0 Å². The number of hydrogen-bond donors (Lipinski definition) is 0. The number of nitrogens with zero attached hydrogens (tertiary/aromatic N) is 1. The van der Waals surface area contributed by atoms with E-state index in [1.165, 1.54) is 72.0 Å². The second-order valence-electron chi connectivity index (χ2n) is 9.52. The third kappa shape index (κ3) is 2.95. The van der Waals surface area contributed by atoms with Crippen molar-refractivity contribution in [2.45, 2.75) is 13.8 Å². The van der Waals surface area contributed by atoms with Crippen LogP contribution in [0.25, 0.3) is 43.8 Å². The summed E-state index contributed by atoms with van der Waals surface area (Å²) in [6, 6.07) is 42.3. The Hall–Kier alpha value is -4.36. The molecule has 0 bridgehead atoms. The smallest absolute Gasteiger partial charge is 0.0540 e. The predicted octanol–water partition coefficient (Wildman–Crippen LogP) is 9.73. The van der Waals surface area contributed by atoms with Gasteiger partial charge in [0.2, 0.25) is 0 Å². The number of benzene rings is 6. The van der Waals surface area contributed by atoms with Crippen molar-refractivity contribution < 1.29 is 0 Å². The first-order valence-corrected chi connectivity index (χ1v) is 12.2. The zero-order valence-electron chi connectivity index (χ0n) is 19.9. The molecule has 0 atom stereocenters. The maximum Gasteiger partial charge on any atom is 0.0540 e. The second-order valence-corrected chi connectivity index (χ2v) is 9.52. The summed E-state index contributed by atoms with van der Waals surface area (Å²) in [6.45, 7) is 4.34. The minimum Gasteiger partial charge on any atom is -0.309 e. The van der Waals surface area contributed by atoms with Gasteiger partial charge in [0.1, 0.15) is 0 Å². The first-order valence-electron chi connectivity index (χ1n) is 12.2. The van der Waals surface area contributed by atoms with Crippen molar-refractivity contribution in [3.8, 4) is 22.3 Å². The van der Waals surface area contributed by atoms with Crippen LogP contribution in [0.15, 0.2) is 115 Å². The molecule has 0 heterocycles. The second kappa shape index (κ2) is 7.58. The SMILES string of the molecule is Cc1ccc(N(c2cccc3c(C)cccc23)c2ccc3c4c(cccc24)-c2ccccc2-3)cc1. The van der Waals surface area contributed by atoms with Crippen molar-refractivity contribution in [2.75, 3.05) is 4.90 Å². The summed E-state index contributed by atoms with van der Waals surface area (Å²) in [5.74, 6) is 0. The van der Waals surface area contributed by atoms with Gasteiger partial charge in [0.15, 0.2) is 0 Å². The number of fused-ring (bicyclic) bond motifs is 4. The molecule has 6 aromatic carbocycles. The van der Waals surface area contributed by atoms with Crippen LogP contribution in [-0.4, -0.2) is 0 Å². The van der Waals surface area contributed by atoms with E-state index in [4.69, 9.17) is 0 Å². The molecule has 0 aromatic heterocycles. The molecule has 0 fully saturated rings.